The van der Waals surface area contributed by atoms with E-state index in [1.54, 1.807) is 18.5 Å². The number of rotatable bonds is 9. The van der Waals surface area contributed by atoms with E-state index in [2.05, 4.69) is 40.1 Å². The smallest absolute Gasteiger partial charge is 0.267 e. The Morgan fingerprint density at radius 2 is 1.95 bits per heavy atom. The highest BCUT2D eigenvalue weighted by atomic mass is 32.2. The van der Waals surface area contributed by atoms with Crippen molar-refractivity contribution in [1.82, 2.24) is 9.27 Å². The van der Waals surface area contributed by atoms with Gasteiger partial charge in [0, 0.05) is 38.1 Å². The van der Waals surface area contributed by atoms with Crippen molar-refractivity contribution >= 4 is 43.5 Å². The molecule has 1 fully saturated rings. The van der Waals surface area contributed by atoms with Crippen LogP contribution < -0.4 is 10.6 Å². The number of hydrogen-bond acceptors (Lipinski definition) is 8. The number of aryl methyl sites for hydroxylation is 1. The van der Waals surface area contributed by atoms with Gasteiger partial charge in [-0.15, -0.1) is 0 Å². The van der Waals surface area contributed by atoms with Crippen molar-refractivity contribution in [1.29, 1.82) is 0 Å². The quantitative estimate of drug-likeness (QED) is 0.414. The van der Waals surface area contributed by atoms with Gasteiger partial charge in [0.15, 0.2) is 0 Å². The molecule has 1 aromatic heterocycles. The van der Waals surface area contributed by atoms with E-state index in [1.807, 2.05) is 12.1 Å². The normalized spacial score (nSPS) is 20.7. The van der Waals surface area contributed by atoms with E-state index in [-0.39, 0.29) is 5.75 Å². The Morgan fingerprint density at radius 1 is 1.16 bits per heavy atom. The summed E-state index contributed by atoms with van der Waals surface area (Å²) < 4.78 is 35.8. The topological polar surface area (TPSA) is 106 Å². The van der Waals surface area contributed by atoms with E-state index in [0.717, 1.165) is 56.1 Å². The molecule has 2 aromatic carbocycles. The van der Waals surface area contributed by atoms with Crippen LogP contribution in [-0.2, 0) is 31.9 Å². The van der Waals surface area contributed by atoms with Gasteiger partial charge in [0.2, 0.25) is 5.91 Å². The third kappa shape index (κ3) is 5.82. The van der Waals surface area contributed by atoms with Gasteiger partial charge in [-0.3, -0.25) is 13.9 Å². The van der Waals surface area contributed by atoms with Crippen LogP contribution in [0.1, 0.15) is 42.4 Å². The summed E-state index contributed by atoms with van der Waals surface area (Å²) in [6.07, 6.45) is 1.77. The van der Waals surface area contributed by atoms with Crippen molar-refractivity contribution < 1.29 is 17.4 Å². The van der Waals surface area contributed by atoms with Gasteiger partial charge >= 0.3 is 0 Å². The molecule has 198 valence electrons. The van der Waals surface area contributed by atoms with Gasteiger partial charge in [-0.25, -0.2) is 0 Å². The predicted octanol–water partition coefficient (Wildman–Crippen LogP) is 3.30. The van der Waals surface area contributed by atoms with E-state index in [4.69, 9.17) is 14.3 Å². The van der Waals surface area contributed by atoms with E-state index in [9.17, 15) is 13.2 Å². The molecule has 1 saturated heterocycles. The maximum absolute atomic E-state index is 12.3. The van der Waals surface area contributed by atoms with Gasteiger partial charge in [-0.05, 0) is 66.0 Å². The Kier molecular flexibility index (Phi) is 7.80. The molecule has 1 aliphatic carbocycles. The van der Waals surface area contributed by atoms with E-state index >= 15 is 0 Å². The summed E-state index contributed by atoms with van der Waals surface area (Å²) in [7, 11) is -3.68. The average Bonchev–Trinajstić information content (AvgIpc) is 3.31. The van der Waals surface area contributed by atoms with Crippen LogP contribution in [0, 0.1) is 0 Å². The van der Waals surface area contributed by atoms with Crippen LogP contribution in [0.4, 0.5) is 5.82 Å². The Hall–Kier alpha value is -2.53. The summed E-state index contributed by atoms with van der Waals surface area (Å²) in [5.74, 6) is -0.255. The zero-order valence-electron chi connectivity index (χ0n) is 21.1. The first-order valence-electron chi connectivity index (χ1n) is 13.0. The lowest BCUT2D eigenvalue weighted by Crippen LogP contribution is -2.47. The number of fused-ring (bicyclic) bond motifs is 2. The predicted molar refractivity (Wildman–Crippen MR) is 148 cm³/mol. The highest BCUT2D eigenvalue weighted by Gasteiger charge is 2.37. The minimum absolute atomic E-state index is 0.0601. The molecule has 0 saturated carbocycles. The Labute approximate surface area is 222 Å². The van der Waals surface area contributed by atoms with E-state index in [0.29, 0.717) is 19.3 Å². The minimum atomic E-state index is -3.68. The van der Waals surface area contributed by atoms with Crippen LogP contribution >= 0.6 is 11.5 Å². The van der Waals surface area contributed by atoms with E-state index < -0.39 is 28.0 Å². The molecule has 8 nitrogen and oxygen atoms in total. The highest BCUT2D eigenvalue weighted by molar-refractivity contribution is 7.86. The number of benzene rings is 2. The zero-order valence-corrected chi connectivity index (χ0v) is 22.8. The van der Waals surface area contributed by atoms with Crippen molar-refractivity contribution in [3.63, 3.8) is 0 Å². The molecular weight excluding hydrogens is 508 g/mol. The summed E-state index contributed by atoms with van der Waals surface area (Å²) >= 11 is 1.56. The molecule has 2 atom stereocenters. The second-order valence-electron chi connectivity index (χ2n) is 9.93. The fraction of sp³-hybridized carbons (Fsp3) is 0.481. The molecule has 2 aliphatic rings. The van der Waals surface area contributed by atoms with Crippen molar-refractivity contribution in [2.45, 2.75) is 44.6 Å². The van der Waals surface area contributed by atoms with Crippen LogP contribution in [0.15, 0.2) is 42.5 Å². The molecule has 2 N–H and O–H groups in total. The standard InChI is InChI=1S/C27H34N4O4S2/c1-2-17-37(33,34)35-23-10-8-20-18-19(7-9-21(20)25(23)26(28)32)11-12-30-13-15-31(16-14-30)27-22-5-3-4-6-24(22)36-29-27/h3-7,9,18,23,25H,2,8,10-17H2,1H3,(H2,28,32). The first kappa shape index (κ1) is 26.1. The Balaban J connectivity index is 1.19. The van der Waals surface area contributed by atoms with Crippen LogP contribution in [0.3, 0.4) is 0 Å². The first-order valence-corrected chi connectivity index (χ1v) is 15.3. The summed E-state index contributed by atoms with van der Waals surface area (Å²) in [5.41, 5.74) is 8.78. The largest absolute Gasteiger partial charge is 0.369 e. The van der Waals surface area contributed by atoms with Gasteiger partial charge in [0.1, 0.15) is 5.82 Å². The molecule has 37 heavy (non-hydrogen) atoms. The number of nitrogens with two attached hydrogens (primary N) is 1. The lowest BCUT2D eigenvalue weighted by atomic mass is 9.79. The number of carbonyl (C=O) groups excluding carboxylic acids is 1. The number of piperazine rings is 1. The van der Waals surface area contributed by atoms with Crippen LogP contribution in [0.25, 0.3) is 10.1 Å². The van der Waals surface area contributed by atoms with Crippen molar-refractivity contribution in [3.05, 3.63) is 59.2 Å². The summed E-state index contributed by atoms with van der Waals surface area (Å²) in [4.78, 5) is 17.2. The number of carbonyl (C=O) groups is 1. The van der Waals surface area contributed by atoms with Gasteiger partial charge in [-0.2, -0.15) is 12.8 Å². The zero-order chi connectivity index (χ0) is 26.0. The second-order valence-corrected chi connectivity index (χ2v) is 12.5. The van der Waals surface area contributed by atoms with Crippen LogP contribution in [-0.4, -0.2) is 68.2 Å². The number of amides is 1. The maximum atomic E-state index is 12.3. The van der Waals surface area contributed by atoms with Gasteiger partial charge in [0.25, 0.3) is 10.1 Å². The minimum Gasteiger partial charge on any atom is -0.369 e. The Morgan fingerprint density at radius 3 is 2.70 bits per heavy atom. The van der Waals surface area contributed by atoms with Crippen LogP contribution in [0.2, 0.25) is 0 Å². The van der Waals surface area contributed by atoms with Crippen molar-refractivity contribution in [2.75, 3.05) is 43.4 Å². The first-order chi connectivity index (χ1) is 17.8. The number of aromatic nitrogens is 1. The highest BCUT2D eigenvalue weighted by Crippen LogP contribution is 2.35. The molecule has 1 amide bonds. The molecule has 3 aromatic rings. The lowest BCUT2D eigenvalue weighted by molar-refractivity contribution is -0.121. The monoisotopic (exact) mass is 542 g/mol. The molecule has 2 unspecified atom stereocenters. The van der Waals surface area contributed by atoms with Gasteiger partial charge < -0.3 is 10.6 Å². The van der Waals surface area contributed by atoms with E-state index in [1.165, 1.54) is 15.6 Å². The molecule has 0 bridgehead atoms. The average molecular weight is 543 g/mol. The SMILES string of the molecule is CCCS(=O)(=O)OC1CCc2cc(CCN3CCN(c4nsc5ccccc45)CC3)ccc2C1C(N)=O. The molecule has 1 aliphatic heterocycles. The third-order valence-electron chi connectivity index (χ3n) is 7.39. The molecule has 0 radical (unpaired) electrons. The summed E-state index contributed by atoms with van der Waals surface area (Å²) in [5, 5.41) is 1.24. The second kappa shape index (κ2) is 11.1. The summed E-state index contributed by atoms with van der Waals surface area (Å²) in [6, 6.07) is 14.5. The number of nitrogens with zero attached hydrogens (tertiary/aromatic N) is 3. The van der Waals surface area contributed by atoms with Gasteiger partial charge in [-0.1, -0.05) is 37.3 Å². The maximum Gasteiger partial charge on any atom is 0.267 e. The third-order valence-corrected chi connectivity index (χ3v) is 9.66. The fourth-order valence-corrected chi connectivity index (χ4v) is 7.47. The van der Waals surface area contributed by atoms with Crippen molar-refractivity contribution in [3.8, 4) is 0 Å². The molecule has 5 rings (SSSR count). The van der Waals surface area contributed by atoms with Crippen molar-refractivity contribution in [2.24, 2.45) is 5.73 Å². The molecule has 2 heterocycles. The Bertz CT molecular complexity index is 1370. The summed E-state index contributed by atoms with van der Waals surface area (Å²) in [6.45, 7) is 6.65. The molecular formula is C27H34N4O4S2. The lowest BCUT2D eigenvalue weighted by Gasteiger charge is -2.35. The molecule has 10 heteroatoms. The fourth-order valence-electron chi connectivity index (χ4n) is 5.50. The number of primary amides is 1. The van der Waals surface area contributed by atoms with Crippen LogP contribution in [0.5, 0.6) is 0 Å². The van der Waals surface area contributed by atoms with Gasteiger partial charge in [0.05, 0.1) is 22.5 Å². The number of hydrogen-bond donors (Lipinski definition) is 1. The number of anilines is 1. The molecule has 0 spiro atoms.